The molecule has 136 valence electrons. The smallest absolute Gasteiger partial charge is 0.311 e. The molecule has 2 aliphatic rings. The molecule has 0 aliphatic carbocycles. The van der Waals surface area contributed by atoms with Crippen LogP contribution in [0, 0.1) is 5.92 Å². The summed E-state index contributed by atoms with van der Waals surface area (Å²) in [7, 11) is 3.26. The van der Waals surface area contributed by atoms with Crippen LogP contribution in [0.3, 0.4) is 0 Å². The predicted molar refractivity (Wildman–Crippen MR) is 96.1 cm³/mol. The maximum absolute atomic E-state index is 12.2. The third kappa shape index (κ3) is 3.56. The number of aryl methyl sites for hydroxylation is 1. The van der Waals surface area contributed by atoms with E-state index in [2.05, 4.69) is 29.2 Å². The van der Waals surface area contributed by atoms with E-state index in [0.717, 1.165) is 45.3 Å². The molecule has 0 radical (unpaired) electrons. The Kier molecular flexibility index (Phi) is 5.42. The molecule has 1 spiro atoms. The zero-order valence-corrected chi connectivity index (χ0v) is 15.2. The minimum atomic E-state index is -0.347. The minimum Gasteiger partial charge on any atom is -0.469 e. The van der Waals surface area contributed by atoms with Gasteiger partial charge in [-0.3, -0.25) is 9.59 Å². The Balaban J connectivity index is 1.55. The second kappa shape index (κ2) is 7.56. The van der Waals surface area contributed by atoms with Gasteiger partial charge in [-0.2, -0.15) is 0 Å². The normalized spacial score (nSPS) is 23.2. The molecule has 3 rings (SSSR count). The summed E-state index contributed by atoms with van der Waals surface area (Å²) in [5.74, 6) is -0.496. The average Bonchev–Trinajstić information content (AvgIpc) is 2.89. The number of hydrogen-bond acceptors (Lipinski definition) is 4. The fourth-order valence-electron chi connectivity index (χ4n) is 4.43. The summed E-state index contributed by atoms with van der Waals surface area (Å²) in [6.45, 7) is 2.92. The number of rotatable bonds is 5. The van der Waals surface area contributed by atoms with Gasteiger partial charge in [0.25, 0.3) is 0 Å². The van der Waals surface area contributed by atoms with Crippen LogP contribution in [0.2, 0.25) is 0 Å². The van der Waals surface area contributed by atoms with Crippen LogP contribution in [0.5, 0.6) is 0 Å². The first-order valence-corrected chi connectivity index (χ1v) is 9.17. The summed E-state index contributed by atoms with van der Waals surface area (Å²) >= 11 is 0. The molecule has 1 amide bonds. The Bertz CT molecular complexity index is 609. The minimum absolute atomic E-state index is 0.0629. The van der Waals surface area contributed by atoms with Crippen LogP contribution in [-0.4, -0.2) is 61.0 Å². The molecule has 0 saturated carbocycles. The van der Waals surface area contributed by atoms with Gasteiger partial charge in [0.15, 0.2) is 0 Å². The first-order valence-electron chi connectivity index (χ1n) is 9.17. The van der Waals surface area contributed by atoms with Crippen molar-refractivity contribution in [1.82, 2.24) is 9.80 Å². The van der Waals surface area contributed by atoms with Crippen LogP contribution >= 0.6 is 0 Å². The highest BCUT2D eigenvalue weighted by Crippen LogP contribution is 2.43. The first-order chi connectivity index (χ1) is 12.1. The second-order valence-electron chi connectivity index (χ2n) is 7.27. The lowest BCUT2D eigenvalue weighted by atomic mass is 9.77. The van der Waals surface area contributed by atoms with E-state index in [-0.39, 0.29) is 29.8 Å². The lowest BCUT2D eigenvalue weighted by Gasteiger charge is -2.45. The van der Waals surface area contributed by atoms with Crippen LogP contribution in [0.25, 0.3) is 0 Å². The molecule has 2 aliphatic heterocycles. The Hall–Kier alpha value is -1.88. The van der Waals surface area contributed by atoms with Crippen molar-refractivity contribution in [2.45, 2.75) is 37.6 Å². The van der Waals surface area contributed by atoms with E-state index >= 15 is 0 Å². The molecule has 1 atom stereocenters. The number of esters is 1. The maximum Gasteiger partial charge on any atom is 0.311 e. The third-order valence-corrected chi connectivity index (χ3v) is 6.06. The second-order valence-corrected chi connectivity index (χ2v) is 7.27. The van der Waals surface area contributed by atoms with E-state index in [4.69, 9.17) is 4.74 Å². The number of carbonyl (C=O) groups excluding carboxylic acids is 2. The summed E-state index contributed by atoms with van der Waals surface area (Å²) in [5.41, 5.74) is 1.03. The van der Waals surface area contributed by atoms with Crippen LogP contribution in [-0.2, 0) is 20.7 Å². The van der Waals surface area contributed by atoms with Gasteiger partial charge in [0.05, 0.1) is 18.6 Å². The number of carbonyl (C=O) groups is 2. The van der Waals surface area contributed by atoms with E-state index in [1.165, 1.54) is 12.7 Å². The largest absolute Gasteiger partial charge is 0.469 e. The number of nitrogens with zero attached hydrogens (tertiary/aromatic N) is 2. The van der Waals surface area contributed by atoms with Crippen LogP contribution in [0.15, 0.2) is 30.3 Å². The summed E-state index contributed by atoms with van der Waals surface area (Å²) < 4.78 is 4.97. The Labute approximate surface area is 149 Å². The van der Waals surface area contributed by atoms with Gasteiger partial charge >= 0.3 is 5.97 Å². The van der Waals surface area contributed by atoms with E-state index in [1.807, 2.05) is 18.0 Å². The summed E-state index contributed by atoms with van der Waals surface area (Å²) in [6, 6.07) is 10.6. The zero-order valence-electron chi connectivity index (χ0n) is 15.2. The van der Waals surface area contributed by atoms with E-state index in [9.17, 15) is 9.59 Å². The average molecular weight is 344 g/mol. The van der Waals surface area contributed by atoms with Gasteiger partial charge in [-0.15, -0.1) is 0 Å². The lowest BCUT2D eigenvalue weighted by molar-refractivity contribution is -0.149. The van der Waals surface area contributed by atoms with Crippen molar-refractivity contribution in [3.63, 3.8) is 0 Å². The number of likely N-dealkylation sites (tertiary alicyclic amines) is 2. The van der Waals surface area contributed by atoms with Crippen molar-refractivity contribution in [3.05, 3.63) is 35.9 Å². The van der Waals surface area contributed by atoms with Gasteiger partial charge in [-0.25, -0.2) is 0 Å². The fraction of sp³-hybridized carbons (Fsp3) is 0.600. The molecule has 1 aromatic rings. The number of ether oxygens (including phenoxy) is 1. The van der Waals surface area contributed by atoms with Gasteiger partial charge in [-0.05, 0) is 37.8 Å². The molecule has 5 nitrogen and oxygen atoms in total. The van der Waals surface area contributed by atoms with E-state index < -0.39 is 0 Å². The number of benzene rings is 1. The molecule has 1 unspecified atom stereocenters. The summed E-state index contributed by atoms with van der Waals surface area (Å²) in [4.78, 5) is 28.6. The van der Waals surface area contributed by atoms with Gasteiger partial charge in [-0.1, -0.05) is 30.3 Å². The van der Waals surface area contributed by atoms with Crippen molar-refractivity contribution in [3.8, 4) is 0 Å². The van der Waals surface area contributed by atoms with Crippen LogP contribution in [0.1, 0.15) is 31.2 Å². The quantitative estimate of drug-likeness (QED) is 0.768. The van der Waals surface area contributed by atoms with Crippen molar-refractivity contribution in [2.75, 3.05) is 33.8 Å². The Morgan fingerprint density at radius 1 is 1.24 bits per heavy atom. The zero-order chi connectivity index (χ0) is 17.9. The highest BCUT2D eigenvalue weighted by molar-refractivity contribution is 5.88. The first kappa shape index (κ1) is 17.9. The number of amides is 1. The monoisotopic (exact) mass is 344 g/mol. The molecular weight excluding hydrogens is 316 g/mol. The molecule has 1 aromatic carbocycles. The van der Waals surface area contributed by atoms with Crippen LogP contribution in [0.4, 0.5) is 0 Å². The third-order valence-electron chi connectivity index (χ3n) is 6.06. The van der Waals surface area contributed by atoms with Gasteiger partial charge in [0.1, 0.15) is 0 Å². The van der Waals surface area contributed by atoms with Gasteiger partial charge in [0, 0.05) is 26.6 Å². The molecule has 2 heterocycles. The number of hydrogen-bond donors (Lipinski definition) is 0. The van der Waals surface area contributed by atoms with Crippen molar-refractivity contribution < 1.29 is 14.3 Å². The van der Waals surface area contributed by atoms with Crippen LogP contribution < -0.4 is 0 Å². The molecule has 2 saturated heterocycles. The maximum atomic E-state index is 12.2. The van der Waals surface area contributed by atoms with Gasteiger partial charge < -0.3 is 14.5 Å². The van der Waals surface area contributed by atoms with E-state index in [1.54, 1.807) is 0 Å². The highest BCUT2D eigenvalue weighted by atomic mass is 16.5. The van der Waals surface area contributed by atoms with Gasteiger partial charge in [0.2, 0.25) is 5.91 Å². The lowest BCUT2D eigenvalue weighted by Crippen LogP contribution is -2.56. The Morgan fingerprint density at radius 2 is 1.92 bits per heavy atom. The fourth-order valence-corrected chi connectivity index (χ4v) is 4.43. The molecule has 0 aromatic heterocycles. The SMILES string of the molecule is COC(=O)C1CC(=O)N(C)C12CCN(CCCc1ccccc1)CC2. The molecular formula is C20H28N2O3. The number of methoxy groups -OCH3 is 1. The van der Waals surface area contributed by atoms with Crippen molar-refractivity contribution >= 4 is 11.9 Å². The molecule has 25 heavy (non-hydrogen) atoms. The topological polar surface area (TPSA) is 49.9 Å². The Morgan fingerprint density at radius 3 is 2.56 bits per heavy atom. The summed E-state index contributed by atoms with van der Waals surface area (Å²) in [6.07, 6.45) is 4.20. The molecule has 0 N–H and O–H groups in total. The molecule has 0 bridgehead atoms. The molecule has 2 fully saturated rings. The summed E-state index contributed by atoms with van der Waals surface area (Å²) in [5, 5.41) is 0. The number of piperidine rings is 1. The predicted octanol–water partition coefficient (Wildman–Crippen LogP) is 2.11. The highest BCUT2D eigenvalue weighted by Gasteiger charge is 2.55. The van der Waals surface area contributed by atoms with Crippen molar-refractivity contribution in [2.24, 2.45) is 5.92 Å². The standard InChI is InChI=1S/C20H28N2O3/c1-21-18(23)15-17(19(24)25-2)20(21)10-13-22(14-11-20)12-6-9-16-7-4-3-5-8-16/h3-5,7-8,17H,6,9-15H2,1-2H3. The van der Waals surface area contributed by atoms with Crippen molar-refractivity contribution in [1.29, 1.82) is 0 Å². The molecule has 5 heteroatoms. The van der Waals surface area contributed by atoms with E-state index in [0.29, 0.717) is 0 Å².